The van der Waals surface area contributed by atoms with Crippen molar-refractivity contribution in [2.75, 3.05) is 13.1 Å². The van der Waals surface area contributed by atoms with Crippen LogP contribution in [0, 0.1) is 11.2 Å². The van der Waals surface area contributed by atoms with Crippen molar-refractivity contribution in [1.82, 2.24) is 0 Å². The normalized spacial score (nSPS) is 12.2. The molecule has 0 aliphatic heterocycles. The summed E-state index contributed by atoms with van der Waals surface area (Å²) in [6, 6.07) is 9.20. The molecule has 2 aromatic rings. The second kappa shape index (κ2) is 8.71. The SMILES string of the molecule is N=C(CN=Cc1ccc(Cl)cc1)CN=Cc1ccc(C(F)(F)F)cc1F. The van der Waals surface area contributed by atoms with Crippen molar-refractivity contribution < 1.29 is 17.6 Å². The fourth-order valence-corrected chi connectivity index (χ4v) is 2.05. The summed E-state index contributed by atoms with van der Waals surface area (Å²) in [6.45, 7) is 0.0773. The van der Waals surface area contributed by atoms with Gasteiger partial charge in [-0.2, -0.15) is 13.2 Å². The van der Waals surface area contributed by atoms with Crippen LogP contribution in [-0.2, 0) is 6.18 Å². The highest BCUT2D eigenvalue weighted by Crippen LogP contribution is 2.29. The quantitative estimate of drug-likeness (QED) is 0.535. The molecule has 0 atom stereocenters. The van der Waals surface area contributed by atoms with Crippen LogP contribution in [0.25, 0.3) is 0 Å². The largest absolute Gasteiger partial charge is 0.416 e. The van der Waals surface area contributed by atoms with Gasteiger partial charge in [-0.25, -0.2) is 4.39 Å². The first-order valence-electron chi connectivity index (χ1n) is 7.44. The summed E-state index contributed by atoms with van der Waals surface area (Å²) < 4.78 is 51.1. The van der Waals surface area contributed by atoms with Gasteiger partial charge in [-0.1, -0.05) is 23.7 Å². The first-order chi connectivity index (χ1) is 12.3. The molecule has 0 aromatic heterocycles. The molecule has 0 spiro atoms. The molecular formula is C18H14ClF4N3. The summed E-state index contributed by atoms with van der Waals surface area (Å²) >= 11 is 5.77. The Bertz CT molecular complexity index is 827. The molecule has 0 bridgehead atoms. The van der Waals surface area contributed by atoms with E-state index in [-0.39, 0.29) is 24.4 Å². The first kappa shape index (κ1) is 19.8. The molecule has 0 heterocycles. The highest BCUT2D eigenvalue weighted by Gasteiger charge is 2.30. The van der Waals surface area contributed by atoms with Crippen LogP contribution in [0.1, 0.15) is 16.7 Å². The Morgan fingerprint density at radius 3 is 2.19 bits per heavy atom. The Hall–Kier alpha value is -2.54. The lowest BCUT2D eigenvalue weighted by molar-refractivity contribution is -0.137. The molecule has 1 N–H and O–H groups in total. The zero-order valence-electron chi connectivity index (χ0n) is 13.4. The van der Waals surface area contributed by atoms with Gasteiger partial charge < -0.3 is 5.41 Å². The van der Waals surface area contributed by atoms with E-state index in [9.17, 15) is 17.6 Å². The molecule has 0 radical (unpaired) electrons. The Morgan fingerprint density at radius 2 is 1.62 bits per heavy atom. The monoisotopic (exact) mass is 383 g/mol. The summed E-state index contributed by atoms with van der Waals surface area (Å²) in [6.07, 6.45) is -1.90. The lowest BCUT2D eigenvalue weighted by Gasteiger charge is -2.07. The number of alkyl halides is 3. The van der Waals surface area contributed by atoms with Crippen LogP contribution in [0.2, 0.25) is 5.02 Å². The summed E-state index contributed by atoms with van der Waals surface area (Å²) in [5, 5.41) is 8.34. The van der Waals surface area contributed by atoms with Gasteiger partial charge >= 0.3 is 6.18 Å². The maximum atomic E-state index is 13.6. The topological polar surface area (TPSA) is 48.6 Å². The lowest BCUT2D eigenvalue weighted by atomic mass is 10.1. The fraction of sp³-hybridized carbons (Fsp3) is 0.167. The van der Waals surface area contributed by atoms with Gasteiger partial charge in [-0.15, -0.1) is 0 Å². The van der Waals surface area contributed by atoms with Gasteiger partial charge in [0.05, 0.1) is 24.4 Å². The minimum Gasteiger partial charge on any atom is -0.306 e. The summed E-state index contributed by atoms with van der Waals surface area (Å²) in [4.78, 5) is 7.96. The molecule has 0 amide bonds. The number of hydrogen-bond acceptors (Lipinski definition) is 3. The number of halogens is 5. The predicted octanol–water partition coefficient (Wildman–Crippen LogP) is 5.06. The number of rotatable bonds is 6. The van der Waals surface area contributed by atoms with Crippen molar-refractivity contribution in [1.29, 1.82) is 5.41 Å². The number of hydrogen-bond donors (Lipinski definition) is 1. The van der Waals surface area contributed by atoms with Crippen molar-refractivity contribution >= 4 is 29.7 Å². The minimum absolute atomic E-state index is 0.0293. The first-order valence-corrected chi connectivity index (χ1v) is 7.82. The highest BCUT2D eigenvalue weighted by molar-refractivity contribution is 6.30. The van der Waals surface area contributed by atoms with Gasteiger partial charge in [-0.3, -0.25) is 9.98 Å². The molecule has 26 heavy (non-hydrogen) atoms. The summed E-state index contributed by atoms with van der Waals surface area (Å²) in [5.41, 5.74) is -0.122. The summed E-state index contributed by atoms with van der Waals surface area (Å²) in [5.74, 6) is -1.02. The van der Waals surface area contributed by atoms with Gasteiger partial charge in [0.1, 0.15) is 5.82 Å². The predicted molar refractivity (Wildman–Crippen MR) is 95.5 cm³/mol. The third-order valence-corrected chi connectivity index (χ3v) is 3.48. The van der Waals surface area contributed by atoms with E-state index < -0.39 is 17.6 Å². The zero-order valence-corrected chi connectivity index (χ0v) is 14.2. The molecule has 8 heteroatoms. The lowest BCUT2D eigenvalue weighted by Crippen LogP contribution is -2.07. The van der Waals surface area contributed by atoms with Crippen LogP contribution in [-0.4, -0.2) is 31.2 Å². The molecule has 2 aromatic carbocycles. The summed E-state index contributed by atoms with van der Waals surface area (Å²) in [7, 11) is 0. The Kier molecular flexibility index (Phi) is 6.63. The van der Waals surface area contributed by atoms with E-state index in [1.165, 1.54) is 0 Å². The molecule has 0 aliphatic carbocycles. The van der Waals surface area contributed by atoms with Crippen molar-refractivity contribution in [3.05, 3.63) is 70.0 Å². The molecule has 0 fully saturated rings. The third kappa shape index (κ3) is 6.07. The molecule has 2 rings (SSSR count). The van der Waals surface area contributed by atoms with Gasteiger partial charge in [0.2, 0.25) is 0 Å². The van der Waals surface area contributed by atoms with Gasteiger partial charge in [0, 0.05) is 23.0 Å². The van der Waals surface area contributed by atoms with Crippen LogP contribution in [0.4, 0.5) is 17.6 Å². The van der Waals surface area contributed by atoms with Crippen molar-refractivity contribution in [2.45, 2.75) is 6.18 Å². The van der Waals surface area contributed by atoms with E-state index in [2.05, 4.69) is 9.98 Å². The van der Waals surface area contributed by atoms with E-state index in [1.807, 2.05) is 0 Å². The van der Waals surface area contributed by atoms with E-state index >= 15 is 0 Å². The van der Waals surface area contributed by atoms with E-state index in [4.69, 9.17) is 17.0 Å². The third-order valence-electron chi connectivity index (χ3n) is 3.23. The maximum absolute atomic E-state index is 13.6. The molecule has 0 saturated heterocycles. The van der Waals surface area contributed by atoms with Crippen LogP contribution in [0.3, 0.4) is 0 Å². The Balaban J connectivity index is 1.87. The van der Waals surface area contributed by atoms with E-state index in [0.29, 0.717) is 11.1 Å². The van der Waals surface area contributed by atoms with Crippen molar-refractivity contribution in [3.63, 3.8) is 0 Å². The second-order valence-electron chi connectivity index (χ2n) is 5.33. The van der Waals surface area contributed by atoms with E-state index in [1.54, 1.807) is 30.5 Å². The Morgan fingerprint density at radius 1 is 1.00 bits per heavy atom. The number of nitrogens with zero attached hydrogens (tertiary/aromatic N) is 2. The van der Waals surface area contributed by atoms with Crippen molar-refractivity contribution in [2.24, 2.45) is 9.98 Å². The molecule has 0 aliphatic rings. The van der Waals surface area contributed by atoms with Gasteiger partial charge in [0.25, 0.3) is 0 Å². The van der Waals surface area contributed by atoms with Crippen LogP contribution < -0.4 is 0 Å². The number of nitrogens with one attached hydrogen (secondary N) is 1. The molecule has 0 saturated carbocycles. The maximum Gasteiger partial charge on any atom is 0.416 e. The second-order valence-corrected chi connectivity index (χ2v) is 5.77. The number of aliphatic imine (C=N–C) groups is 2. The fourth-order valence-electron chi connectivity index (χ4n) is 1.92. The van der Waals surface area contributed by atoms with E-state index in [0.717, 1.165) is 23.9 Å². The molecular weight excluding hydrogens is 370 g/mol. The molecule has 0 unspecified atom stereocenters. The van der Waals surface area contributed by atoms with Crippen molar-refractivity contribution in [3.8, 4) is 0 Å². The minimum atomic E-state index is -4.60. The number of benzene rings is 2. The molecule has 136 valence electrons. The standard InChI is InChI=1S/C18H14ClF4N3/c19-15-5-1-12(2-6-15)8-25-10-16(24)11-26-9-13-3-4-14(7-17(13)20)18(21,22)23/h1-9,24H,10-11H2. The van der Waals surface area contributed by atoms with Crippen LogP contribution in [0.15, 0.2) is 52.4 Å². The van der Waals surface area contributed by atoms with Crippen LogP contribution in [0.5, 0.6) is 0 Å². The van der Waals surface area contributed by atoms with Gasteiger partial charge in [0.15, 0.2) is 0 Å². The average molecular weight is 384 g/mol. The highest BCUT2D eigenvalue weighted by atomic mass is 35.5. The van der Waals surface area contributed by atoms with Gasteiger partial charge in [-0.05, 0) is 35.9 Å². The Labute approximate surface area is 152 Å². The smallest absolute Gasteiger partial charge is 0.306 e. The zero-order chi connectivity index (χ0) is 19.2. The van der Waals surface area contributed by atoms with Crippen LogP contribution >= 0.6 is 11.6 Å². The average Bonchev–Trinajstić information content (AvgIpc) is 2.57. The molecule has 3 nitrogen and oxygen atoms in total.